The summed E-state index contributed by atoms with van der Waals surface area (Å²) in [6.45, 7) is 4.09. The quantitative estimate of drug-likeness (QED) is 0.557. The Kier molecular flexibility index (Phi) is 6.56. The fraction of sp³-hybridized carbons (Fsp3) is 0.318. The van der Waals surface area contributed by atoms with Crippen molar-refractivity contribution in [2.75, 3.05) is 21.3 Å². The number of benzene rings is 2. The molecule has 0 aliphatic heterocycles. The largest absolute Gasteiger partial charge is 0.493 e. The third kappa shape index (κ3) is 4.89. The first-order valence-electron chi connectivity index (χ1n) is 9.48. The maximum absolute atomic E-state index is 12.7. The highest BCUT2D eigenvalue weighted by molar-refractivity contribution is 5.94. The predicted octanol–water partition coefficient (Wildman–Crippen LogP) is 3.81. The molecule has 3 rings (SSSR count). The van der Waals surface area contributed by atoms with Gasteiger partial charge in [-0.1, -0.05) is 5.16 Å². The summed E-state index contributed by atoms with van der Waals surface area (Å²) >= 11 is 0. The van der Waals surface area contributed by atoms with Gasteiger partial charge in [0.25, 0.3) is 5.91 Å². The maximum atomic E-state index is 12.7. The van der Waals surface area contributed by atoms with E-state index in [1.165, 1.54) is 4.90 Å². The Morgan fingerprint density at radius 1 is 1.07 bits per heavy atom. The first-order valence-corrected chi connectivity index (χ1v) is 9.48. The molecule has 0 saturated heterocycles. The lowest BCUT2D eigenvalue weighted by molar-refractivity contribution is 0.0769. The molecule has 1 amide bonds. The van der Waals surface area contributed by atoms with Gasteiger partial charge in [0.1, 0.15) is 5.75 Å². The van der Waals surface area contributed by atoms with E-state index in [4.69, 9.17) is 18.7 Å². The van der Waals surface area contributed by atoms with E-state index in [0.29, 0.717) is 28.8 Å². The second-order valence-electron chi connectivity index (χ2n) is 6.93. The molecule has 0 N–H and O–H groups in total. The van der Waals surface area contributed by atoms with Crippen molar-refractivity contribution in [2.24, 2.45) is 0 Å². The van der Waals surface area contributed by atoms with Gasteiger partial charge in [-0.3, -0.25) is 4.79 Å². The zero-order valence-electron chi connectivity index (χ0n) is 17.7. The molecule has 0 unspecified atom stereocenters. The van der Waals surface area contributed by atoms with Crippen LogP contribution in [-0.4, -0.2) is 48.3 Å². The summed E-state index contributed by atoms with van der Waals surface area (Å²) in [5.74, 6) is 2.48. The summed E-state index contributed by atoms with van der Waals surface area (Å²) in [5, 5.41) is 4.00. The molecule has 8 nitrogen and oxygen atoms in total. The zero-order valence-corrected chi connectivity index (χ0v) is 17.7. The number of ether oxygens (including phenoxy) is 3. The Balaban J connectivity index is 1.68. The molecule has 158 valence electrons. The summed E-state index contributed by atoms with van der Waals surface area (Å²) < 4.78 is 21.5. The van der Waals surface area contributed by atoms with Gasteiger partial charge >= 0.3 is 0 Å². The molecule has 1 heterocycles. The highest BCUT2D eigenvalue weighted by Gasteiger charge is 2.17. The number of hydrogen-bond donors (Lipinski definition) is 0. The third-order valence-corrected chi connectivity index (χ3v) is 4.30. The van der Waals surface area contributed by atoms with E-state index in [-0.39, 0.29) is 18.6 Å². The van der Waals surface area contributed by atoms with Gasteiger partial charge < -0.3 is 23.6 Å². The number of carbonyl (C=O) groups is 1. The molecular weight excluding hydrogens is 386 g/mol. The highest BCUT2D eigenvalue weighted by atomic mass is 16.5. The van der Waals surface area contributed by atoms with E-state index < -0.39 is 0 Å². The van der Waals surface area contributed by atoms with E-state index in [9.17, 15) is 4.79 Å². The van der Waals surface area contributed by atoms with Crippen LogP contribution in [0.2, 0.25) is 0 Å². The molecule has 3 aromatic rings. The first-order chi connectivity index (χ1) is 14.4. The van der Waals surface area contributed by atoms with Crippen molar-refractivity contribution in [3.8, 4) is 28.6 Å². The number of hydrogen-bond acceptors (Lipinski definition) is 7. The van der Waals surface area contributed by atoms with Crippen LogP contribution in [-0.2, 0) is 6.54 Å². The van der Waals surface area contributed by atoms with Gasteiger partial charge in [0.15, 0.2) is 11.5 Å². The summed E-state index contributed by atoms with van der Waals surface area (Å²) in [4.78, 5) is 18.6. The summed E-state index contributed by atoms with van der Waals surface area (Å²) in [6.07, 6.45) is 0.0756. The summed E-state index contributed by atoms with van der Waals surface area (Å²) in [6, 6.07) is 12.4. The molecule has 30 heavy (non-hydrogen) atoms. The van der Waals surface area contributed by atoms with E-state index in [0.717, 1.165) is 11.3 Å². The van der Waals surface area contributed by atoms with Gasteiger partial charge in [0, 0.05) is 18.2 Å². The molecule has 0 aliphatic rings. The van der Waals surface area contributed by atoms with Gasteiger partial charge in [0.2, 0.25) is 11.7 Å². The topological polar surface area (TPSA) is 86.9 Å². The van der Waals surface area contributed by atoms with Gasteiger partial charge in [-0.05, 0) is 56.3 Å². The second kappa shape index (κ2) is 9.30. The van der Waals surface area contributed by atoms with Crippen molar-refractivity contribution in [1.82, 2.24) is 15.0 Å². The van der Waals surface area contributed by atoms with Crippen molar-refractivity contribution >= 4 is 5.91 Å². The standard InChI is InChI=1S/C22H25N3O5/c1-14(2)29-17-9-6-15(7-10-17)22(26)25(3)13-20-23-21(24-30-20)16-8-11-18(27-4)19(12-16)28-5/h6-12,14H,13H2,1-5H3. The molecule has 0 saturated carbocycles. The molecule has 0 aliphatic carbocycles. The van der Waals surface area contributed by atoms with Crippen LogP contribution in [0.3, 0.4) is 0 Å². The van der Waals surface area contributed by atoms with Gasteiger partial charge in [-0.25, -0.2) is 0 Å². The van der Waals surface area contributed by atoms with E-state index in [1.54, 1.807) is 57.7 Å². The van der Waals surface area contributed by atoms with Crippen LogP contribution in [0.25, 0.3) is 11.4 Å². The number of methoxy groups -OCH3 is 2. The Morgan fingerprint density at radius 2 is 1.77 bits per heavy atom. The SMILES string of the molecule is COc1ccc(-c2noc(CN(C)C(=O)c3ccc(OC(C)C)cc3)n2)cc1OC. The predicted molar refractivity (Wildman–Crippen MR) is 111 cm³/mol. The van der Waals surface area contributed by atoms with Crippen molar-refractivity contribution in [1.29, 1.82) is 0 Å². The number of nitrogens with zero attached hydrogens (tertiary/aromatic N) is 3. The highest BCUT2D eigenvalue weighted by Crippen LogP contribution is 2.31. The summed E-state index contributed by atoms with van der Waals surface area (Å²) in [5.41, 5.74) is 1.27. The van der Waals surface area contributed by atoms with Crippen molar-refractivity contribution in [3.63, 3.8) is 0 Å². The minimum absolute atomic E-state index is 0.0756. The van der Waals surface area contributed by atoms with Crippen molar-refractivity contribution in [2.45, 2.75) is 26.5 Å². The zero-order chi connectivity index (χ0) is 21.7. The molecular formula is C22H25N3O5. The Hall–Kier alpha value is -3.55. The molecule has 8 heteroatoms. The number of amides is 1. The van der Waals surface area contributed by atoms with Gasteiger partial charge in [0.05, 0.1) is 26.9 Å². The second-order valence-corrected chi connectivity index (χ2v) is 6.93. The van der Waals surface area contributed by atoms with Crippen LogP contribution in [0.15, 0.2) is 47.0 Å². The monoisotopic (exact) mass is 411 g/mol. The fourth-order valence-electron chi connectivity index (χ4n) is 2.85. The molecule has 0 bridgehead atoms. The van der Waals surface area contributed by atoms with E-state index in [2.05, 4.69) is 10.1 Å². The van der Waals surface area contributed by atoms with Crippen LogP contribution in [0.4, 0.5) is 0 Å². The molecule has 0 fully saturated rings. The lowest BCUT2D eigenvalue weighted by Gasteiger charge is -2.15. The first kappa shape index (κ1) is 21.2. The van der Waals surface area contributed by atoms with Crippen LogP contribution >= 0.6 is 0 Å². The lowest BCUT2D eigenvalue weighted by atomic mass is 10.2. The minimum Gasteiger partial charge on any atom is -0.493 e. The maximum Gasteiger partial charge on any atom is 0.254 e. The molecule has 0 spiro atoms. The van der Waals surface area contributed by atoms with Crippen LogP contribution in [0.5, 0.6) is 17.2 Å². The fourth-order valence-corrected chi connectivity index (χ4v) is 2.85. The number of carbonyl (C=O) groups excluding carboxylic acids is 1. The van der Waals surface area contributed by atoms with Crippen LogP contribution in [0.1, 0.15) is 30.1 Å². The average Bonchev–Trinajstić information content (AvgIpc) is 3.21. The molecule has 2 aromatic carbocycles. The Bertz CT molecular complexity index is 998. The smallest absolute Gasteiger partial charge is 0.254 e. The number of rotatable bonds is 8. The van der Waals surface area contributed by atoms with E-state index in [1.807, 2.05) is 19.9 Å². The van der Waals surface area contributed by atoms with Crippen LogP contribution in [0, 0.1) is 0 Å². The van der Waals surface area contributed by atoms with Crippen molar-refractivity contribution < 1.29 is 23.5 Å². The normalized spacial score (nSPS) is 10.7. The molecule has 0 atom stereocenters. The average molecular weight is 411 g/mol. The third-order valence-electron chi connectivity index (χ3n) is 4.30. The Labute approximate surface area is 175 Å². The van der Waals surface area contributed by atoms with Crippen molar-refractivity contribution in [3.05, 3.63) is 53.9 Å². The van der Waals surface area contributed by atoms with Gasteiger partial charge in [-0.2, -0.15) is 4.98 Å². The van der Waals surface area contributed by atoms with Gasteiger partial charge in [-0.15, -0.1) is 0 Å². The minimum atomic E-state index is -0.156. The molecule has 0 radical (unpaired) electrons. The summed E-state index contributed by atoms with van der Waals surface area (Å²) in [7, 11) is 4.81. The number of aromatic nitrogens is 2. The van der Waals surface area contributed by atoms with E-state index >= 15 is 0 Å². The lowest BCUT2D eigenvalue weighted by Crippen LogP contribution is -2.26. The van der Waals surface area contributed by atoms with Crippen LogP contribution < -0.4 is 14.2 Å². The Morgan fingerprint density at radius 3 is 2.40 bits per heavy atom. The molecule has 1 aromatic heterocycles.